The molecule has 0 saturated heterocycles. The van der Waals surface area contributed by atoms with E-state index in [9.17, 15) is 4.79 Å². The molecule has 1 aromatic carbocycles. The first-order valence-electron chi connectivity index (χ1n) is 6.95. The fourth-order valence-electron chi connectivity index (χ4n) is 2.35. The van der Waals surface area contributed by atoms with E-state index in [0.717, 1.165) is 25.2 Å². The van der Waals surface area contributed by atoms with Crippen molar-refractivity contribution in [3.63, 3.8) is 0 Å². The van der Waals surface area contributed by atoms with Gasteiger partial charge >= 0.3 is 0 Å². The van der Waals surface area contributed by atoms with E-state index in [1.165, 1.54) is 12.8 Å². The lowest BCUT2D eigenvalue weighted by Gasteiger charge is -2.09. The van der Waals surface area contributed by atoms with Gasteiger partial charge in [-0.25, -0.2) is 0 Å². The third kappa shape index (κ3) is 2.15. The number of hydrogen-bond acceptors (Lipinski definition) is 3. The van der Waals surface area contributed by atoms with Gasteiger partial charge in [0.05, 0.1) is 13.2 Å². The van der Waals surface area contributed by atoms with Crippen molar-refractivity contribution in [2.75, 3.05) is 13.2 Å². The van der Waals surface area contributed by atoms with Gasteiger partial charge in [0.2, 0.25) is 0 Å². The number of ether oxygens (including phenoxy) is 2. The van der Waals surface area contributed by atoms with Gasteiger partial charge in [0, 0.05) is 17.0 Å². The van der Waals surface area contributed by atoms with Crippen molar-refractivity contribution in [1.29, 1.82) is 0 Å². The lowest BCUT2D eigenvalue weighted by Crippen LogP contribution is -2.25. The fraction of sp³-hybridized carbons (Fsp3) is 0.533. The van der Waals surface area contributed by atoms with Gasteiger partial charge < -0.3 is 14.8 Å². The Morgan fingerprint density at radius 3 is 2.58 bits per heavy atom. The van der Waals surface area contributed by atoms with Gasteiger partial charge in [0.1, 0.15) is 0 Å². The predicted molar refractivity (Wildman–Crippen MR) is 69.6 cm³/mol. The van der Waals surface area contributed by atoms with Crippen LogP contribution in [0.15, 0.2) is 18.2 Å². The quantitative estimate of drug-likeness (QED) is 0.885. The maximum atomic E-state index is 12.0. The summed E-state index contributed by atoms with van der Waals surface area (Å²) in [5, 5.41) is 2.99. The molecule has 3 aliphatic rings. The highest BCUT2D eigenvalue weighted by atomic mass is 16.5. The number of fused-ring (bicyclic) bond motifs is 1. The van der Waals surface area contributed by atoms with Crippen LogP contribution in [0.4, 0.5) is 0 Å². The molecule has 4 rings (SSSR count). The topological polar surface area (TPSA) is 47.6 Å². The number of rotatable bonds is 2. The first-order chi connectivity index (χ1) is 9.24. The Kier molecular flexibility index (Phi) is 2.28. The Bertz CT molecular complexity index is 532. The molecule has 1 heterocycles. The summed E-state index contributed by atoms with van der Waals surface area (Å²) in [4.78, 5) is 12.0. The first kappa shape index (κ1) is 11.1. The van der Waals surface area contributed by atoms with Crippen LogP contribution >= 0.6 is 0 Å². The van der Waals surface area contributed by atoms with Crippen LogP contribution in [0.2, 0.25) is 0 Å². The molecule has 1 aromatic rings. The van der Waals surface area contributed by atoms with Crippen LogP contribution in [0.25, 0.3) is 0 Å². The molecule has 0 bridgehead atoms. The van der Waals surface area contributed by atoms with E-state index < -0.39 is 0 Å². The standard InChI is InChI=1S/C15H17NO3/c17-14(16-11-2-3-11)10-1-4-12-13(7-10)19-9-15(5-6-15)8-18-12/h1,4,7,11H,2-3,5-6,8-9H2,(H,16,17). The second kappa shape index (κ2) is 3.89. The largest absolute Gasteiger partial charge is 0.489 e. The SMILES string of the molecule is O=C(NC1CC1)c1ccc2c(c1)OCC1(CC1)CO2. The van der Waals surface area contributed by atoms with E-state index in [4.69, 9.17) is 9.47 Å². The monoisotopic (exact) mass is 259 g/mol. The average molecular weight is 259 g/mol. The van der Waals surface area contributed by atoms with Gasteiger partial charge in [-0.3, -0.25) is 4.79 Å². The Morgan fingerprint density at radius 2 is 1.89 bits per heavy atom. The summed E-state index contributed by atoms with van der Waals surface area (Å²) in [7, 11) is 0. The average Bonchev–Trinajstić information content (AvgIpc) is 3.31. The number of nitrogens with one attached hydrogen (secondary N) is 1. The van der Waals surface area contributed by atoms with Crippen LogP contribution in [0.5, 0.6) is 11.5 Å². The highest BCUT2D eigenvalue weighted by molar-refractivity contribution is 5.95. The van der Waals surface area contributed by atoms with Crippen LogP contribution < -0.4 is 14.8 Å². The molecule has 0 radical (unpaired) electrons. The second-order valence-electron chi connectivity index (χ2n) is 5.99. The Balaban J connectivity index is 1.55. The van der Waals surface area contributed by atoms with Gasteiger partial charge in [-0.05, 0) is 43.9 Å². The second-order valence-corrected chi connectivity index (χ2v) is 5.99. The van der Waals surface area contributed by atoms with Crippen molar-refractivity contribution in [1.82, 2.24) is 5.32 Å². The van der Waals surface area contributed by atoms with Crippen molar-refractivity contribution in [3.05, 3.63) is 23.8 Å². The van der Waals surface area contributed by atoms with Crippen LogP contribution in [0.1, 0.15) is 36.0 Å². The summed E-state index contributed by atoms with van der Waals surface area (Å²) in [5.74, 6) is 1.44. The number of hydrogen-bond donors (Lipinski definition) is 1. The smallest absolute Gasteiger partial charge is 0.251 e. The molecule has 100 valence electrons. The van der Waals surface area contributed by atoms with E-state index in [-0.39, 0.29) is 11.3 Å². The minimum Gasteiger partial charge on any atom is -0.489 e. The summed E-state index contributed by atoms with van der Waals surface area (Å²) < 4.78 is 11.6. The number of amides is 1. The van der Waals surface area contributed by atoms with Crippen molar-refractivity contribution in [3.8, 4) is 11.5 Å². The minimum absolute atomic E-state index is 0.0146. The normalized spacial score (nSPS) is 22.7. The van der Waals surface area contributed by atoms with Crippen molar-refractivity contribution in [2.45, 2.75) is 31.7 Å². The molecule has 1 N–H and O–H groups in total. The van der Waals surface area contributed by atoms with E-state index in [1.54, 1.807) is 6.07 Å². The third-order valence-corrected chi connectivity index (χ3v) is 4.14. The zero-order valence-corrected chi connectivity index (χ0v) is 10.8. The Labute approximate surface area is 112 Å². The summed E-state index contributed by atoms with van der Waals surface area (Å²) in [6.07, 6.45) is 4.55. The molecular formula is C15H17NO3. The van der Waals surface area contributed by atoms with Gasteiger partial charge in [-0.15, -0.1) is 0 Å². The molecule has 1 amide bonds. The van der Waals surface area contributed by atoms with Gasteiger partial charge in [0.15, 0.2) is 11.5 Å². The van der Waals surface area contributed by atoms with Crippen LogP contribution in [0, 0.1) is 5.41 Å². The molecule has 1 aliphatic heterocycles. The molecule has 2 saturated carbocycles. The molecule has 1 spiro atoms. The third-order valence-electron chi connectivity index (χ3n) is 4.14. The summed E-state index contributed by atoms with van der Waals surface area (Å²) >= 11 is 0. The van der Waals surface area contributed by atoms with Crippen molar-refractivity contribution < 1.29 is 14.3 Å². The van der Waals surface area contributed by atoms with E-state index in [2.05, 4.69) is 5.32 Å². The van der Waals surface area contributed by atoms with Gasteiger partial charge in [-0.2, -0.15) is 0 Å². The zero-order valence-electron chi connectivity index (χ0n) is 10.8. The van der Waals surface area contributed by atoms with E-state index in [1.807, 2.05) is 12.1 Å². The van der Waals surface area contributed by atoms with Crippen LogP contribution in [-0.4, -0.2) is 25.2 Å². The van der Waals surface area contributed by atoms with Crippen molar-refractivity contribution in [2.24, 2.45) is 5.41 Å². The van der Waals surface area contributed by atoms with Crippen LogP contribution in [-0.2, 0) is 0 Å². The highest BCUT2D eigenvalue weighted by Gasteiger charge is 2.46. The summed E-state index contributed by atoms with van der Waals surface area (Å²) in [6, 6.07) is 5.83. The fourth-order valence-corrected chi connectivity index (χ4v) is 2.35. The first-order valence-corrected chi connectivity index (χ1v) is 6.95. The number of benzene rings is 1. The zero-order chi connectivity index (χ0) is 12.9. The summed E-state index contributed by atoms with van der Waals surface area (Å²) in [5.41, 5.74) is 0.885. The van der Waals surface area contributed by atoms with Gasteiger partial charge in [-0.1, -0.05) is 0 Å². The Hall–Kier alpha value is -1.71. The summed E-state index contributed by atoms with van der Waals surface area (Å²) in [6.45, 7) is 1.43. The molecule has 0 aromatic heterocycles. The molecular weight excluding hydrogens is 242 g/mol. The lowest BCUT2D eigenvalue weighted by atomic mass is 10.1. The molecule has 4 heteroatoms. The lowest BCUT2D eigenvalue weighted by molar-refractivity contribution is 0.0950. The molecule has 2 fully saturated rings. The molecule has 4 nitrogen and oxygen atoms in total. The van der Waals surface area contributed by atoms with E-state index >= 15 is 0 Å². The highest BCUT2D eigenvalue weighted by Crippen LogP contribution is 2.49. The molecule has 19 heavy (non-hydrogen) atoms. The molecule has 2 aliphatic carbocycles. The molecule has 0 atom stereocenters. The number of carbonyl (C=O) groups is 1. The minimum atomic E-state index is -0.0146. The van der Waals surface area contributed by atoms with Crippen molar-refractivity contribution >= 4 is 5.91 Å². The number of carbonyl (C=O) groups excluding carboxylic acids is 1. The maximum absolute atomic E-state index is 12.0. The van der Waals surface area contributed by atoms with Gasteiger partial charge in [0.25, 0.3) is 5.91 Å². The predicted octanol–water partition coefficient (Wildman–Crippen LogP) is 2.13. The maximum Gasteiger partial charge on any atom is 0.251 e. The molecule has 0 unspecified atom stereocenters. The Morgan fingerprint density at radius 1 is 1.16 bits per heavy atom. The van der Waals surface area contributed by atoms with Crippen LogP contribution in [0.3, 0.4) is 0 Å². The van der Waals surface area contributed by atoms with E-state index in [0.29, 0.717) is 24.0 Å².